The Hall–Kier alpha value is -1.13. The van der Waals surface area contributed by atoms with E-state index in [2.05, 4.69) is 43.0 Å². The van der Waals surface area contributed by atoms with Crippen LogP contribution in [0.15, 0.2) is 18.5 Å². The summed E-state index contributed by atoms with van der Waals surface area (Å²) in [4.78, 5) is 6.55. The van der Waals surface area contributed by atoms with E-state index in [0.717, 1.165) is 31.5 Å². The van der Waals surface area contributed by atoms with Gasteiger partial charge in [0.05, 0.1) is 6.20 Å². The summed E-state index contributed by atoms with van der Waals surface area (Å²) in [6.07, 6.45) is 6.31. The minimum Gasteiger partial charge on any atom is -0.490 e. The smallest absolute Gasteiger partial charge is 0.142 e. The number of rotatable bonds is 7. The van der Waals surface area contributed by atoms with Crippen molar-refractivity contribution >= 4 is 0 Å². The number of ether oxygens (including phenoxy) is 1. The lowest BCUT2D eigenvalue weighted by atomic mass is 10.1. The van der Waals surface area contributed by atoms with Gasteiger partial charge in [-0.2, -0.15) is 0 Å². The molecule has 0 atom stereocenters. The molecular formula is C16H27N3O. The summed E-state index contributed by atoms with van der Waals surface area (Å²) in [6.45, 7) is 9.00. The SMILES string of the molecule is CN(CCOc1cnccc1CNC(C)(C)C)C1CC1. The van der Waals surface area contributed by atoms with E-state index < -0.39 is 0 Å². The van der Waals surface area contributed by atoms with Gasteiger partial charge in [0.15, 0.2) is 0 Å². The molecule has 0 unspecified atom stereocenters. The van der Waals surface area contributed by atoms with Gasteiger partial charge < -0.3 is 15.0 Å². The summed E-state index contributed by atoms with van der Waals surface area (Å²) in [5, 5.41) is 3.49. The molecule has 112 valence electrons. The largest absolute Gasteiger partial charge is 0.490 e. The van der Waals surface area contributed by atoms with Crippen LogP contribution in [0.25, 0.3) is 0 Å². The van der Waals surface area contributed by atoms with Crippen molar-refractivity contribution in [2.45, 2.75) is 51.7 Å². The Morgan fingerprint density at radius 2 is 2.15 bits per heavy atom. The van der Waals surface area contributed by atoms with E-state index in [-0.39, 0.29) is 5.54 Å². The third-order valence-corrected chi connectivity index (χ3v) is 3.55. The fraction of sp³-hybridized carbons (Fsp3) is 0.688. The maximum absolute atomic E-state index is 5.91. The highest BCUT2D eigenvalue weighted by Crippen LogP contribution is 2.25. The molecule has 1 N–H and O–H groups in total. The molecule has 0 saturated heterocycles. The Bertz CT molecular complexity index is 424. The number of nitrogens with zero attached hydrogens (tertiary/aromatic N) is 2. The topological polar surface area (TPSA) is 37.4 Å². The molecule has 0 aromatic carbocycles. The van der Waals surface area contributed by atoms with Crippen molar-refractivity contribution in [2.75, 3.05) is 20.2 Å². The normalized spacial score (nSPS) is 15.7. The Balaban J connectivity index is 1.83. The predicted octanol–water partition coefficient (Wildman–Crippen LogP) is 2.44. The molecule has 4 heteroatoms. The van der Waals surface area contributed by atoms with Crippen LogP contribution in [0.4, 0.5) is 0 Å². The fourth-order valence-electron chi connectivity index (χ4n) is 2.04. The van der Waals surface area contributed by atoms with Crippen molar-refractivity contribution < 1.29 is 4.74 Å². The van der Waals surface area contributed by atoms with E-state index in [1.165, 1.54) is 18.4 Å². The summed E-state index contributed by atoms with van der Waals surface area (Å²) in [5.41, 5.74) is 1.27. The molecule has 1 saturated carbocycles. The lowest BCUT2D eigenvalue weighted by Gasteiger charge is -2.22. The Morgan fingerprint density at radius 3 is 2.80 bits per heavy atom. The lowest BCUT2D eigenvalue weighted by molar-refractivity contribution is 0.229. The van der Waals surface area contributed by atoms with Crippen molar-refractivity contribution in [1.82, 2.24) is 15.2 Å². The predicted molar refractivity (Wildman–Crippen MR) is 82.0 cm³/mol. The van der Waals surface area contributed by atoms with Crippen LogP contribution in [0.5, 0.6) is 5.75 Å². The van der Waals surface area contributed by atoms with Gasteiger partial charge in [-0.15, -0.1) is 0 Å². The molecule has 2 rings (SSSR count). The third-order valence-electron chi connectivity index (χ3n) is 3.55. The van der Waals surface area contributed by atoms with Crippen LogP contribution < -0.4 is 10.1 Å². The maximum Gasteiger partial charge on any atom is 0.142 e. The lowest BCUT2D eigenvalue weighted by Crippen LogP contribution is -2.35. The fourth-order valence-corrected chi connectivity index (χ4v) is 2.04. The number of hydrogen-bond donors (Lipinski definition) is 1. The van der Waals surface area contributed by atoms with Crippen LogP contribution >= 0.6 is 0 Å². The van der Waals surface area contributed by atoms with Gasteiger partial charge in [0.2, 0.25) is 0 Å². The van der Waals surface area contributed by atoms with Gasteiger partial charge in [-0.1, -0.05) is 0 Å². The zero-order valence-electron chi connectivity index (χ0n) is 13.1. The van der Waals surface area contributed by atoms with Crippen molar-refractivity contribution in [2.24, 2.45) is 0 Å². The molecule has 1 heterocycles. The van der Waals surface area contributed by atoms with E-state index >= 15 is 0 Å². The van der Waals surface area contributed by atoms with Gasteiger partial charge in [0.25, 0.3) is 0 Å². The number of pyridine rings is 1. The van der Waals surface area contributed by atoms with Gasteiger partial charge in [-0.05, 0) is 46.7 Å². The second-order valence-corrected chi connectivity index (χ2v) is 6.65. The number of likely N-dealkylation sites (N-methyl/N-ethyl adjacent to an activating group) is 1. The summed E-state index contributed by atoms with van der Waals surface area (Å²) >= 11 is 0. The van der Waals surface area contributed by atoms with Crippen LogP contribution in [0.1, 0.15) is 39.2 Å². The average Bonchev–Trinajstić information content (AvgIpc) is 3.21. The first kappa shape index (κ1) is 15.3. The van der Waals surface area contributed by atoms with Crippen LogP contribution in [-0.2, 0) is 6.54 Å². The summed E-state index contributed by atoms with van der Waals surface area (Å²) < 4.78 is 5.91. The minimum atomic E-state index is 0.104. The van der Waals surface area contributed by atoms with Gasteiger partial charge >= 0.3 is 0 Å². The summed E-state index contributed by atoms with van der Waals surface area (Å²) in [7, 11) is 2.17. The first-order chi connectivity index (χ1) is 9.46. The third kappa shape index (κ3) is 5.10. The van der Waals surface area contributed by atoms with Gasteiger partial charge in [-0.3, -0.25) is 4.98 Å². The Morgan fingerprint density at radius 1 is 1.40 bits per heavy atom. The highest BCUT2D eigenvalue weighted by Gasteiger charge is 2.25. The highest BCUT2D eigenvalue weighted by molar-refractivity contribution is 5.29. The van der Waals surface area contributed by atoms with Crippen LogP contribution in [0, 0.1) is 0 Å². The number of nitrogens with one attached hydrogen (secondary N) is 1. The van der Waals surface area contributed by atoms with Crippen LogP contribution in [0.3, 0.4) is 0 Å². The molecule has 1 aliphatic rings. The van der Waals surface area contributed by atoms with Gasteiger partial charge in [-0.25, -0.2) is 0 Å². The quantitative estimate of drug-likeness (QED) is 0.830. The zero-order chi connectivity index (χ0) is 14.6. The highest BCUT2D eigenvalue weighted by atomic mass is 16.5. The van der Waals surface area contributed by atoms with E-state index in [0.29, 0.717) is 0 Å². The van der Waals surface area contributed by atoms with Gasteiger partial charge in [0, 0.05) is 36.4 Å². The van der Waals surface area contributed by atoms with Crippen molar-refractivity contribution in [3.8, 4) is 5.75 Å². The van der Waals surface area contributed by atoms with E-state index in [9.17, 15) is 0 Å². The van der Waals surface area contributed by atoms with Crippen molar-refractivity contribution in [3.05, 3.63) is 24.0 Å². The zero-order valence-corrected chi connectivity index (χ0v) is 13.1. The molecule has 0 radical (unpaired) electrons. The molecule has 0 bridgehead atoms. The molecule has 1 aliphatic carbocycles. The maximum atomic E-state index is 5.91. The Labute approximate surface area is 122 Å². The van der Waals surface area contributed by atoms with E-state index in [1.54, 1.807) is 0 Å². The van der Waals surface area contributed by atoms with Gasteiger partial charge in [0.1, 0.15) is 12.4 Å². The average molecular weight is 277 g/mol. The van der Waals surface area contributed by atoms with E-state index in [4.69, 9.17) is 4.74 Å². The second kappa shape index (κ2) is 6.55. The molecule has 1 fully saturated rings. The molecule has 0 amide bonds. The summed E-state index contributed by atoms with van der Waals surface area (Å²) in [6, 6.07) is 2.81. The molecule has 1 aromatic rings. The molecule has 20 heavy (non-hydrogen) atoms. The number of hydrogen-bond acceptors (Lipinski definition) is 4. The van der Waals surface area contributed by atoms with Crippen molar-refractivity contribution in [1.29, 1.82) is 0 Å². The first-order valence-corrected chi connectivity index (χ1v) is 7.47. The number of aromatic nitrogens is 1. The van der Waals surface area contributed by atoms with E-state index in [1.807, 2.05) is 18.5 Å². The molecular weight excluding hydrogens is 250 g/mol. The second-order valence-electron chi connectivity index (χ2n) is 6.65. The minimum absolute atomic E-state index is 0.104. The first-order valence-electron chi connectivity index (χ1n) is 7.47. The van der Waals surface area contributed by atoms with Crippen molar-refractivity contribution in [3.63, 3.8) is 0 Å². The van der Waals surface area contributed by atoms with Crippen LogP contribution in [-0.4, -0.2) is 41.7 Å². The molecule has 1 aromatic heterocycles. The molecule has 0 aliphatic heterocycles. The van der Waals surface area contributed by atoms with Crippen LogP contribution in [0.2, 0.25) is 0 Å². The Kier molecular flexibility index (Phi) is 5.00. The molecule has 0 spiro atoms. The molecule has 4 nitrogen and oxygen atoms in total. The summed E-state index contributed by atoms with van der Waals surface area (Å²) in [5.74, 6) is 0.897. The monoisotopic (exact) mass is 277 g/mol. The standard InChI is InChI=1S/C16H27N3O/c1-16(2,3)18-11-13-7-8-17-12-15(13)20-10-9-19(4)14-5-6-14/h7-8,12,14,18H,5-6,9-11H2,1-4H3.